The Hall–Kier alpha value is -2.32. The molecule has 1 aromatic heterocycles. The van der Waals surface area contributed by atoms with Crippen molar-refractivity contribution in [1.82, 2.24) is 14.5 Å². The van der Waals surface area contributed by atoms with Crippen molar-refractivity contribution in [1.29, 1.82) is 0 Å². The third-order valence-electron chi connectivity index (χ3n) is 3.17. The van der Waals surface area contributed by atoms with Crippen LogP contribution < -0.4 is 10.3 Å². The summed E-state index contributed by atoms with van der Waals surface area (Å²) in [7, 11) is -3.75. The molecule has 1 heterocycles. The van der Waals surface area contributed by atoms with Gasteiger partial charge in [0.1, 0.15) is 0 Å². The fourth-order valence-electron chi connectivity index (χ4n) is 1.96. The highest BCUT2D eigenvalue weighted by atomic mass is 32.2. The fraction of sp³-hybridized carbons (Fsp3) is 0.267. The molecule has 1 aromatic carbocycles. The van der Waals surface area contributed by atoms with Crippen molar-refractivity contribution < 1.29 is 13.2 Å². The van der Waals surface area contributed by atoms with Crippen molar-refractivity contribution in [3.8, 4) is 0 Å². The molecule has 0 saturated carbocycles. The molecule has 0 atom stereocenters. The zero-order valence-corrected chi connectivity index (χ0v) is 13.6. The molecule has 122 valence electrons. The molecule has 0 spiro atoms. The maximum Gasteiger partial charge on any atom is 0.266 e. The highest BCUT2D eigenvalue weighted by Crippen LogP contribution is 2.11. The van der Waals surface area contributed by atoms with Gasteiger partial charge in [-0.25, -0.2) is 17.8 Å². The number of aromatic nitrogens is 2. The van der Waals surface area contributed by atoms with Crippen LogP contribution in [0.1, 0.15) is 23.0 Å². The normalized spacial score (nSPS) is 11.4. The quantitative estimate of drug-likeness (QED) is 0.785. The summed E-state index contributed by atoms with van der Waals surface area (Å²) in [6.07, 6.45) is 0. The molecule has 2 aromatic rings. The number of ketones is 1. The maximum absolute atomic E-state index is 12.2. The summed E-state index contributed by atoms with van der Waals surface area (Å²) in [4.78, 5) is 22.9. The number of rotatable bonds is 6. The predicted octanol–water partition coefficient (Wildman–Crippen LogP) is 0.733. The molecule has 0 aliphatic carbocycles. The Balaban J connectivity index is 2.10. The Morgan fingerprint density at radius 3 is 2.70 bits per heavy atom. The van der Waals surface area contributed by atoms with Crippen LogP contribution >= 0.6 is 0 Å². The van der Waals surface area contributed by atoms with Crippen molar-refractivity contribution in [2.75, 3.05) is 6.54 Å². The maximum atomic E-state index is 12.2. The molecule has 0 amide bonds. The molecule has 0 fully saturated rings. The summed E-state index contributed by atoms with van der Waals surface area (Å²) in [6, 6.07) is 8.77. The molecule has 0 radical (unpaired) electrons. The summed E-state index contributed by atoms with van der Waals surface area (Å²) in [5.74, 6) is -0.211. The van der Waals surface area contributed by atoms with Crippen LogP contribution in [-0.2, 0) is 16.6 Å². The molecule has 2 rings (SSSR count). The van der Waals surface area contributed by atoms with E-state index in [9.17, 15) is 18.0 Å². The molecule has 0 saturated heterocycles. The Labute approximate surface area is 134 Å². The topological polar surface area (TPSA) is 98.1 Å². The van der Waals surface area contributed by atoms with Gasteiger partial charge in [0.25, 0.3) is 5.56 Å². The van der Waals surface area contributed by atoms with Crippen LogP contribution in [0, 0.1) is 6.92 Å². The predicted molar refractivity (Wildman–Crippen MR) is 84.9 cm³/mol. The van der Waals surface area contributed by atoms with Crippen LogP contribution in [0.3, 0.4) is 0 Å². The van der Waals surface area contributed by atoms with E-state index in [0.29, 0.717) is 11.3 Å². The molecular formula is C15H17N3O4S. The second-order valence-electron chi connectivity index (χ2n) is 5.02. The number of nitrogens with one attached hydrogen (secondary N) is 1. The minimum atomic E-state index is -3.75. The van der Waals surface area contributed by atoms with E-state index < -0.39 is 10.0 Å². The lowest BCUT2D eigenvalue weighted by Gasteiger charge is -2.09. The van der Waals surface area contributed by atoms with E-state index >= 15 is 0 Å². The van der Waals surface area contributed by atoms with Crippen LogP contribution in [0.5, 0.6) is 0 Å². The van der Waals surface area contributed by atoms with Gasteiger partial charge in [0.15, 0.2) is 5.78 Å². The van der Waals surface area contributed by atoms with Crippen molar-refractivity contribution in [3.63, 3.8) is 0 Å². The summed E-state index contributed by atoms with van der Waals surface area (Å²) in [5.41, 5.74) is 0.694. The number of carbonyl (C=O) groups excluding carboxylic acids is 1. The monoisotopic (exact) mass is 335 g/mol. The van der Waals surface area contributed by atoms with Crippen molar-refractivity contribution >= 4 is 15.8 Å². The summed E-state index contributed by atoms with van der Waals surface area (Å²) >= 11 is 0. The van der Waals surface area contributed by atoms with Gasteiger partial charge in [-0.05, 0) is 32.0 Å². The minimum Gasteiger partial charge on any atom is -0.295 e. The van der Waals surface area contributed by atoms with Gasteiger partial charge in [0, 0.05) is 18.2 Å². The van der Waals surface area contributed by atoms with Crippen LogP contribution in [0.15, 0.2) is 46.1 Å². The van der Waals surface area contributed by atoms with Crippen molar-refractivity contribution in [2.24, 2.45) is 0 Å². The molecule has 0 unspecified atom stereocenters. The third kappa shape index (κ3) is 4.33. The summed E-state index contributed by atoms with van der Waals surface area (Å²) < 4.78 is 28.0. The third-order valence-corrected chi connectivity index (χ3v) is 4.63. The first-order chi connectivity index (χ1) is 10.8. The minimum absolute atomic E-state index is 0.00903. The van der Waals surface area contributed by atoms with Gasteiger partial charge in [-0.1, -0.05) is 12.1 Å². The molecule has 1 N–H and O–H groups in total. The van der Waals surface area contributed by atoms with E-state index in [1.807, 2.05) is 0 Å². The summed E-state index contributed by atoms with van der Waals surface area (Å²) in [5, 5.41) is 4.03. The van der Waals surface area contributed by atoms with Gasteiger partial charge in [-0.15, -0.1) is 0 Å². The van der Waals surface area contributed by atoms with E-state index in [1.165, 1.54) is 35.9 Å². The molecule has 8 heteroatoms. The molecule has 7 nitrogen and oxygen atoms in total. The fourth-order valence-corrected chi connectivity index (χ4v) is 3.03. The van der Waals surface area contributed by atoms with Crippen LogP contribution in [0.4, 0.5) is 0 Å². The van der Waals surface area contributed by atoms with E-state index in [2.05, 4.69) is 9.82 Å². The standard InChI is InChI=1S/C15H17N3O4S/c1-11-6-7-15(20)18(17-11)9-8-16-23(21,22)14-5-3-4-13(10-14)12(2)19/h3-7,10,16H,8-9H2,1-2H3. The smallest absolute Gasteiger partial charge is 0.266 e. The van der Waals surface area contributed by atoms with Crippen LogP contribution in [0.2, 0.25) is 0 Å². The van der Waals surface area contributed by atoms with E-state index in [-0.39, 0.29) is 29.3 Å². The Morgan fingerprint density at radius 1 is 1.26 bits per heavy atom. The van der Waals surface area contributed by atoms with Crippen molar-refractivity contribution in [2.45, 2.75) is 25.3 Å². The van der Waals surface area contributed by atoms with Gasteiger partial charge in [-0.3, -0.25) is 9.59 Å². The van der Waals surface area contributed by atoms with Gasteiger partial charge in [-0.2, -0.15) is 5.10 Å². The van der Waals surface area contributed by atoms with Gasteiger partial charge < -0.3 is 0 Å². The van der Waals surface area contributed by atoms with Gasteiger partial charge in [0.2, 0.25) is 10.0 Å². The number of aryl methyl sites for hydroxylation is 1. The van der Waals surface area contributed by atoms with Gasteiger partial charge in [0.05, 0.1) is 17.1 Å². The zero-order valence-electron chi connectivity index (χ0n) is 12.8. The largest absolute Gasteiger partial charge is 0.295 e. The highest BCUT2D eigenvalue weighted by molar-refractivity contribution is 7.89. The lowest BCUT2D eigenvalue weighted by atomic mass is 10.2. The number of nitrogens with zero attached hydrogens (tertiary/aromatic N) is 2. The van der Waals surface area contributed by atoms with Crippen LogP contribution in [0.25, 0.3) is 0 Å². The molecule has 0 bridgehead atoms. The highest BCUT2D eigenvalue weighted by Gasteiger charge is 2.15. The first kappa shape index (κ1) is 17.0. The Morgan fingerprint density at radius 2 is 2.00 bits per heavy atom. The molecular weight excluding hydrogens is 318 g/mol. The van der Waals surface area contributed by atoms with Crippen molar-refractivity contribution in [3.05, 3.63) is 58.0 Å². The lowest BCUT2D eigenvalue weighted by molar-refractivity contribution is 0.101. The lowest BCUT2D eigenvalue weighted by Crippen LogP contribution is -2.32. The number of sulfonamides is 1. The number of Topliss-reactive ketones (excluding diaryl/α,β-unsaturated/α-hetero) is 1. The average molecular weight is 335 g/mol. The molecule has 0 aliphatic heterocycles. The van der Waals surface area contributed by atoms with E-state index in [4.69, 9.17) is 0 Å². The van der Waals surface area contributed by atoms with E-state index in [1.54, 1.807) is 19.1 Å². The SMILES string of the molecule is CC(=O)c1cccc(S(=O)(=O)NCCn2nc(C)ccc2=O)c1. The molecule has 23 heavy (non-hydrogen) atoms. The van der Waals surface area contributed by atoms with Crippen LogP contribution in [-0.4, -0.2) is 30.5 Å². The number of hydrogen-bond donors (Lipinski definition) is 1. The first-order valence-corrected chi connectivity index (χ1v) is 8.43. The molecule has 0 aliphatic rings. The number of hydrogen-bond acceptors (Lipinski definition) is 5. The summed E-state index contributed by atoms with van der Waals surface area (Å²) in [6.45, 7) is 3.25. The van der Waals surface area contributed by atoms with Gasteiger partial charge >= 0.3 is 0 Å². The second-order valence-corrected chi connectivity index (χ2v) is 6.78. The number of carbonyl (C=O) groups is 1. The van der Waals surface area contributed by atoms with E-state index in [0.717, 1.165) is 0 Å². The Kier molecular flexibility index (Phi) is 5.07. The first-order valence-electron chi connectivity index (χ1n) is 6.95. The second kappa shape index (κ2) is 6.84. The number of benzene rings is 1. The average Bonchev–Trinajstić information content (AvgIpc) is 2.50. The Bertz CT molecular complexity index is 888. The zero-order chi connectivity index (χ0) is 17.0.